The first-order chi connectivity index (χ1) is 6.65. The maximum Gasteiger partial charge on any atom is 0.307 e. The second-order valence-electron chi connectivity index (χ2n) is 2.81. The van der Waals surface area contributed by atoms with Gasteiger partial charge < -0.3 is 5.11 Å². The van der Waals surface area contributed by atoms with Crippen molar-refractivity contribution in [2.75, 3.05) is 0 Å². The van der Waals surface area contributed by atoms with E-state index in [0.717, 1.165) is 0 Å². The summed E-state index contributed by atoms with van der Waals surface area (Å²) in [6.07, 6.45) is 0.971. The summed E-state index contributed by atoms with van der Waals surface area (Å²) < 4.78 is 0. The number of hydrogen-bond acceptors (Lipinski definition) is 3. The molecule has 1 aromatic carbocycles. The fourth-order valence-electron chi connectivity index (χ4n) is 1.16. The van der Waals surface area contributed by atoms with Gasteiger partial charge in [0.2, 0.25) is 0 Å². The molecule has 0 saturated heterocycles. The van der Waals surface area contributed by atoms with Gasteiger partial charge in [0.25, 0.3) is 0 Å². The number of aldehydes is 2. The fourth-order valence-corrected chi connectivity index (χ4v) is 1.16. The summed E-state index contributed by atoms with van der Waals surface area (Å²) in [4.78, 5) is 31.3. The van der Waals surface area contributed by atoms with Gasteiger partial charge in [0.15, 0.2) is 0 Å². The summed E-state index contributed by atoms with van der Waals surface area (Å²) in [5, 5.41) is 8.52. The number of carbonyl (C=O) groups excluding carboxylic acids is 2. The maximum atomic E-state index is 10.4. The maximum absolute atomic E-state index is 10.4. The van der Waals surface area contributed by atoms with Crippen molar-refractivity contribution in [2.45, 2.75) is 6.42 Å². The Balaban J connectivity index is 3.09. The van der Waals surface area contributed by atoms with Crippen LogP contribution in [0.1, 0.15) is 26.3 Å². The average molecular weight is 192 g/mol. The number of carbonyl (C=O) groups is 3. The van der Waals surface area contributed by atoms with E-state index in [-0.39, 0.29) is 6.42 Å². The van der Waals surface area contributed by atoms with Crippen LogP contribution in [-0.2, 0) is 11.2 Å². The SMILES string of the molecule is O=Cc1cc(C=O)cc(CC(=O)O)c1. The first-order valence-corrected chi connectivity index (χ1v) is 3.92. The molecule has 0 saturated carbocycles. The predicted octanol–water partition coefficient (Wildman–Crippen LogP) is 0.939. The summed E-state index contributed by atoms with van der Waals surface area (Å²) in [7, 11) is 0. The molecule has 4 nitrogen and oxygen atoms in total. The molecule has 0 radical (unpaired) electrons. The van der Waals surface area contributed by atoms with Crippen LogP contribution >= 0.6 is 0 Å². The predicted molar refractivity (Wildman–Crippen MR) is 48.6 cm³/mol. The summed E-state index contributed by atoms with van der Waals surface area (Å²) in [6.45, 7) is 0. The van der Waals surface area contributed by atoms with Crippen LogP contribution in [0.15, 0.2) is 18.2 Å². The van der Waals surface area contributed by atoms with E-state index < -0.39 is 5.97 Å². The monoisotopic (exact) mass is 192 g/mol. The second-order valence-corrected chi connectivity index (χ2v) is 2.81. The van der Waals surface area contributed by atoms with Crippen LogP contribution in [0.2, 0.25) is 0 Å². The molecule has 0 heterocycles. The van der Waals surface area contributed by atoms with E-state index in [1.165, 1.54) is 18.2 Å². The van der Waals surface area contributed by atoms with Crippen molar-refractivity contribution in [3.05, 3.63) is 34.9 Å². The van der Waals surface area contributed by atoms with Gasteiger partial charge in [-0.25, -0.2) is 0 Å². The quantitative estimate of drug-likeness (QED) is 0.720. The zero-order valence-corrected chi connectivity index (χ0v) is 7.27. The minimum Gasteiger partial charge on any atom is -0.481 e. The molecular formula is C10H8O4. The smallest absolute Gasteiger partial charge is 0.307 e. The molecule has 0 amide bonds. The van der Waals surface area contributed by atoms with Crippen LogP contribution < -0.4 is 0 Å². The Morgan fingerprint density at radius 1 is 1.14 bits per heavy atom. The summed E-state index contributed by atoms with van der Waals surface area (Å²) in [6, 6.07) is 4.31. The average Bonchev–Trinajstić information content (AvgIpc) is 2.16. The molecule has 0 spiro atoms. The van der Waals surface area contributed by atoms with Crippen LogP contribution in [0.3, 0.4) is 0 Å². The van der Waals surface area contributed by atoms with Gasteiger partial charge in [0.05, 0.1) is 6.42 Å². The Kier molecular flexibility index (Phi) is 3.12. The van der Waals surface area contributed by atoms with E-state index in [0.29, 0.717) is 29.3 Å². The topological polar surface area (TPSA) is 71.4 Å². The Morgan fingerprint density at radius 3 is 2.00 bits per heavy atom. The van der Waals surface area contributed by atoms with Gasteiger partial charge in [-0.15, -0.1) is 0 Å². The number of benzene rings is 1. The lowest BCUT2D eigenvalue weighted by Gasteiger charge is -1.99. The Labute approximate surface area is 80.2 Å². The van der Waals surface area contributed by atoms with Crippen molar-refractivity contribution in [2.24, 2.45) is 0 Å². The number of hydrogen-bond donors (Lipinski definition) is 1. The highest BCUT2D eigenvalue weighted by atomic mass is 16.4. The van der Waals surface area contributed by atoms with Crippen LogP contribution in [-0.4, -0.2) is 23.6 Å². The largest absolute Gasteiger partial charge is 0.481 e. The van der Waals surface area contributed by atoms with Gasteiger partial charge >= 0.3 is 5.97 Å². The Morgan fingerprint density at radius 2 is 1.64 bits per heavy atom. The van der Waals surface area contributed by atoms with Crippen LogP contribution in [0.25, 0.3) is 0 Å². The zero-order valence-electron chi connectivity index (χ0n) is 7.27. The summed E-state index contributed by atoms with van der Waals surface area (Å²) in [5.41, 5.74) is 1.07. The molecule has 1 rings (SSSR count). The number of carboxylic acids is 1. The van der Waals surface area contributed by atoms with Gasteiger partial charge in [0.1, 0.15) is 12.6 Å². The first-order valence-electron chi connectivity index (χ1n) is 3.92. The Hall–Kier alpha value is -1.97. The van der Waals surface area contributed by atoms with Crippen molar-refractivity contribution in [1.82, 2.24) is 0 Å². The molecule has 0 atom stereocenters. The molecule has 0 aromatic heterocycles. The number of aliphatic carboxylic acids is 1. The highest BCUT2D eigenvalue weighted by molar-refractivity contribution is 5.83. The zero-order chi connectivity index (χ0) is 10.6. The molecule has 1 aromatic rings. The van der Waals surface area contributed by atoms with Crippen LogP contribution in [0.4, 0.5) is 0 Å². The van der Waals surface area contributed by atoms with E-state index in [4.69, 9.17) is 5.11 Å². The summed E-state index contributed by atoms with van der Waals surface area (Å²) >= 11 is 0. The van der Waals surface area contributed by atoms with Gasteiger partial charge in [-0.2, -0.15) is 0 Å². The van der Waals surface area contributed by atoms with Crippen molar-refractivity contribution >= 4 is 18.5 Å². The van der Waals surface area contributed by atoms with Gasteiger partial charge in [-0.3, -0.25) is 14.4 Å². The lowest BCUT2D eigenvalue weighted by Crippen LogP contribution is -2.01. The lowest BCUT2D eigenvalue weighted by molar-refractivity contribution is -0.136. The molecular weight excluding hydrogens is 184 g/mol. The van der Waals surface area contributed by atoms with Crippen molar-refractivity contribution in [1.29, 1.82) is 0 Å². The third kappa shape index (κ3) is 2.52. The lowest BCUT2D eigenvalue weighted by atomic mass is 10.0. The third-order valence-electron chi connectivity index (χ3n) is 1.66. The Bertz CT molecular complexity index is 355. The van der Waals surface area contributed by atoms with E-state index in [2.05, 4.69) is 0 Å². The van der Waals surface area contributed by atoms with Gasteiger partial charge in [0, 0.05) is 11.1 Å². The van der Waals surface area contributed by atoms with E-state index in [1.807, 2.05) is 0 Å². The van der Waals surface area contributed by atoms with Gasteiger partial charge in [-0.05, 0) is 23.8 Å². The van der Waals surface area contributed by atoms with Crippen molar-refractivity contribution in [3.63, 3.8) is 0 Å². The normalized spacial score (nSPS) is 9.43. The molecule has 14 heavy (non-hydrogen) atoms. The standard InChI is InChI=1S/C10H8O4/c11-5-8-1-7(4-10(13)14)2-9(3-8)6-12/h1-3,5-6H,4H2,(H,13,14). The molecule has 0 aliphatic rings. The van der Waals surface area contributed by atoms with Crippen LogP contribution in [0, 0.1) is 0 Å². The minimum atomic E-state index is -0.995. The molecule has 0 aliphatic carbocycles. The highest BCUT2D eigenvalue weighted by Gasteiger charge is 2.03. The molecule has 0 unspecified atom stereocenters. The molecule has 0 fully saturated rings. The highest BCUT2D eigenvalue weighted by Crippen LogP contribution is 2.08. The number of carboxylic acid groups (broad SMARTS) is 1. The third-order valence-corrected chi connectivity index (χ3v) is 1.66. The molecule has 72 valence electrons. The van der Waals surface area contributed by atoms with E-state index in [9.17, 15) is 14.4 Å². The fraction of sp³-hybridized carbons (Fsp3) is 0.100. The van der Waals surface area contributed by atoms with E-state index in [1.54, 1.807) is 0 Å². The second kappa shape index (κ2) is 4.32. The summed E-state index contributed by atoms with van der Waals surface area (Å²) in [5.74, 6) is -0.995. The minimum absolute atomic E-state index is 0.192. The molecule has 1 N–H and O–H groups in total. The number of rotatable bonds is 4. The van der Waals surface area contributed by atoms with Gasteiger partial charge in [-0.1, -0.05) is 0 Å². The molecule has 0 bridgehead atoms. The molecule has 4 heteroatoms. The van der Waals surface area contributed by atoms with Crippen molar-refractivity contribution in [3.8, 4) is 0 Å². The first kappa shape index (κ1) is 10.1. The van der Waals surface area contributed by atoms with Crippen molar-refractivity contribution < 1.29 is 19.5 Å². The van der Waals surface area contributed by atoms with E-state index >= 15 is 0 Å². The molecule has 0 aliphatic heterocycles. The van der Waals surface area contributed by atoms with Crippen LogP contribution in [0.5, 0.6) is 0 Å².